The summed E-state index contributed by atoms with van der Waals surface area (Å²) in [5.74, 6) is 0. The Balaban J connectivity index is 1.58. The van der Waals surface area contributed by atoms with Crippen LogP contribution in [0.25, 0.3) is 6.08 Å². The van der Waals surface area contributed by atoms with E-state index in [0.717, 1.165) is 17.2 Å². The van der Waals surface area contributed by atoms with Crippen molar-refractivity contribution >= 4 is 24.5 Å². The molecule has 1 heterocycles. The molecule has 1 fully saturated rings. The maximum Gasteiger partial charge on any atom is 0.125 e. The zero-order valence-corrected chi connectivity index (χ0v) is 24.3. The summed E-state index contributed by atoms with van der Waals surface area (Å²) in [7, 11) is -2.38. The van der Waals surface area contributed by atoms with E-state index in [1.807, 2.05) is 36.4 Å². The van der Waals surface area contributed by atoms with Crippen molar-refractivity contribution in [3.8, 4) is 0 Å². The Morgan fingerprint density at radius 2 is 1.23 bits per heavy atom. The van der Waals surface area contributed by atoms with Crippen molar-refractivity contribution in [1.82, 2.24) is 0 Å². The van der Waals surface area contributed by atoms with Crippen LogP contribution in [0.2, 0.25) is 11.1 Å². The summed E-state index contributed by atoms with van der Waals surface area (Å²) in [6, 6.07) is 43.5. The van der Waals surface area contributed by atoms with Crippen LogP contribution < -0.4 is 10.4 Å². The summed E-state index contributed by atoms with van der Waals surface area (Å²) in [4.78, 5) is 0. The van der Waals surface area contributed by atoms with Crippen LogP contribution in [-0.4, -0.2) is 25.4 Å². The van der Waals surface area contributed by atoms with E-state index in [0.29, 0.717) is 12.8 Å². The minimum atomic E-state index is -2.38. The largest absolute Gasteiger partial charge is 0.385 e. The van der Waals surface area contributed by atoms with E-state index in [-0.39, 0.29) is 17.2 Å². The standard InChI is InChI=1S/C36H40O2Si/c1-35(2,3)39(33-20-12-6-13-21-33,34-22-14-7-15-23-34)28-32-27-36(37,30-18-10-5-11-19-30)26-31(38-32)25-24-29-16-8-4-9-17-29/h4-25,31-32,37H,26-28H2,1-3H3/b25-24+/t31-,32-,36-/m0/s1. The average Bonchev–Trinajstić information content (AvgIpc) is 2.96. The maximum atomic E-state index is 12.2. The highest BCUT2D eigenvalue weighted by molar-refractivity contribution is 7.04. The molecule has 2 nitrogen and oxygen atoms in total. The molecule has 39 heavy (non-hydrogen) atoms. The van der Waals surface area contributed by atoms with Crippen LogP contribution in [0.1, 0.15) is 44.7 Å². The van der Waals surface area contributed by atoms with Gasteiger partial charge >= 0.3 is 0 Å². The summed E-state index contributed by atoms with van der Waals surface area (Å²) in [6.07, 6.45) is 5.10. The first-order valence-electron chi connectivity index (χ1n) is 14.1. The highest BCUT2D eigenvalue weighted by atomic mass is 28.3. The molecule has 1 aliphatic rings. The molecule has 0 spiro atoms. The number of aliphatic hydroxyl groups is 1. The Bertz CT molecular complexity index is 1310. The van der Waals surface area contributed by atoms with Crippen LogP contribution in [0.5, 0.6) is 0 Å². The molecule has 0 aliphatic carbocycles. The zero-order chi connectivity index (χ0) is 27.3. The average molecular weight is 533 g/mol. The Morgan fingerprint density at radius 1 is 0.744 bits per heavy atom. The van der Waals surface area contributed by atoms with Gasteiger partial charge in [-0.3, -0.25) is 0 Å². The van der Waals surface area contributed by atoms with Crippen molar-refractivity contribution in [2.45, 2.75) is 62.5 Å². The predicted molar refractivity (Wildman–Crippen MR) is 166 cm³/mol. The van der Waals surface area contributed by atoms with Gasteiger partial charge in [0.05, 0.1) is 17.8 Å². The predicted octanol–water partition coefficient (Wildman–Crippen LogP) is 7.20. The first-order chi connectivity index (χ1) is 18.8. The Hall–Kier alpha value is -3.24. The van der Waals surface area contributed by atoms with Crippen molar-refractivity contribution in [3.63, 3.8) is 0 Å². The molecular weight excluding hydrogens is 492 g/mol. The molecule has 1 aliphatic heterocycles. The smallest absolute Gasteiger partial charge is 0.125 e. The molecule has 0 bridgehead atoms. The fraction of sp³-hybridized carbons (Fsp3) is 0.278. The van der Waals surface area contributed by atoms with Crippen LogP contribution in [-0.2, 0) is 10.3 Å². The van der Waals surface area contributed by atoms with Crippen LogP contribution in [0.4, 0.5) is 0 Å². The highest BCUT2D eigenvalue weighted by Gasteiger charge is 2.51. The third kappa shape index (κ3) is 5.86. The lowest BCUT2D eigenvalue weighted by molar-refractivity contribution is -0.126. The molecule has 0 unspecified atom stereocenters. The molecule has 1 saturated heterocycles. The Morgan fingerprint density at radius 3 is 1.74 bits per heavy atom. The Labute approximate surface area is 235 Å². The van der Waals surface area contributed by atoms with Crippen molar-refractivity contribution < 1.29 is 9.84 Å². The first-order valence-corrected chi connectivity index (χ1v) is 16.3. The monoisotopic (exact) mass is 532 g/mol. The topological polar surface area (TPSA) is 29.5 Å². The number of rotatable bonds is 7. The van der Waals surface area contributed by atoms with Gasteiger partial charge in [0.2, 0.25) is 0 Å². The zero-order valence-electron chi connectivity index (χ0n) is 23.3. The van der Waals surface area contributed by atoms with Gasteiger partial charge in [0, 0.05) is 12.8 Å². The lowest BCUT2D eigenvalue weighted by Crippen LogP contribution is -2.66. The second-order valence-corrected chi connectivity index (χ2v) is 16.8. The van der Waals surface area contributed by atoms with Gasteiger partial charge in [0.15, 0.2) is 0 Å². The van der Waals surface area contributed by atoms with Crippen molar-refractivity contribution in [1.29, 1.82) is 0 Å². The SMILES string of the molecule is CC(C)(C)[Si](C[C@@H]1C[C@](O)(c2ccccc2)C[C@H](/C=C/c2ccccc2)O1)(c1ccccc1)c1ccccc1. The second-order valence-electron chi connectivity index (χ2n) is 12.0. The van der Waals surface area contributed by atoms with Gasteiger partial charge in [-0.15, -0.1) is 0 Å². The Kier molecular flexibility index (Phi) is 8.04. The third-order valence-corrected chi connectivity index (χ3v) is 14.7. The van der Waals surface area contributed by atoms with E-state index in [1.165, 1.54) is 10.4 Å². The van der Waals surface area contributed by atoms with E-state index >= 15 is 0 Å². The first kappa shape index (κ1) is 27.3. The second kappa shape index (κ2) is 11.5. The van der Waals surface area contributed by atoms with Crippen LogP contribution >= 0.6 is 0 Å². The minimum Gasteiger partial charge on any atom is -0.385 e. The number of hydrogen-bond acceptors (Lipinski definition) is 2. The molecule has 5 rings (SSSR count). The van der Waals surface area contributed by atoms with Gasteiger partial charge in [0.25, 0.3) is 0 Å². The summed E-state index contributed by atoms with van der Waals surface area (Å²) in [5.41, 5.74) is 1.15. The molecule has 0 radical (unpaired) electrons. The molecule has 200 valence electrons. The molecule has 0 amide bonds. The van der Waals surface area contributed by atoms with Gasteiger partial charge in [-0.25, -0.2) is 0 Å². The van der Waals surface area contributed by atoms with Gasteiger partial charge in [-0.2, -0.15) is 0 Å². The van der Waals surface area contributed by atoms with Crippen LogP contribution in [0.3, 0.4) is 0 Å². The van der Waals surface area contributed by atoms with Crippen molar-refractivity contribution in [3.05, 3.63) is 139 Å². The summed E-state index contributed by atoms with van der Waals surface area (Å²) < 4.78 is 6.91. The lowest BCUT2D eigenvalue weighted by atomic mass is 9.81. The van der Waals surface area contributed by atoms with Crippen molar-refractivity contribution in [2.75, 3.05) is 0 Å². The fourth-order valence-electron chi connectivity index (χ4n) is 6.50. The number of benzene rings is 4. The van der Waals surface area contributed by atoms with Crippen LogP contribution in [0.15, 0.2) is 127 Å². The molecule has 4 aromatic carbocycles. The van der Waals surface area contributed by atoms with E-state index in [9.17, 15) is 5.11 Å². The molecule has 0 aromatic heterocycles. The highest BCUT2D eigenvalue weighted by Crippen LogP contribution is 2.45. The minimum absolute atomic E-state index is 0.0246. The normalized spacial score (nSPS) is 22.2. The molecule has 3 heteroatoms. The van der Waals surface area contributed by atoms with Gasteiger partial charge in [-0.1, -0.05) is 165 Å². The van der Waals surface area contributed by atoms with E-state index in [1.54, 1.807) is 0 Å². The molecular formula is C36H40O2Si. The van der Waals surface area contributed by atoms with Crippen LogP contribution in [0, 0.1) is 0 Å². The van der Waals surface area contributed by atoms with E-state index in [4.69, 9.17) is 4.74 Å². The molecule has 1 N–H and O–H groups in total. The summed E-state index contributed by atoms with van der Waals surface area (Å²) in [5, 5.41) is 15.1. The lowest BCUT2D eigenvalue weighted by Gasteiger charge is -2.49. The van der Waals surface area contributed by atoms with E-state index < -0.39 is 13.7 Å². The van der Waals surface area contributed by atoms with Gasteiger partial charge in [-0.05, 0) is 22.2 Å². The van der Waals surface area contributed by atoms with Gasteiger partial charge in [0.1, 0.15) is 8.07 Å². The third-order valence-electron chi connectivity index (χ3n) is 8.43. The van der Waals surface area contributed by atoms with Gasteiger partial charge < -0.3 is 9.84 Å². The summed E-state index contributed by atoms with van der Waals surface area (Å²) in [6.45, 7) is 7.16. The number of hydrogen-bond donors (Lipinski definition) is 1. The maximum absolute atomic E-state index is 12.2. The van der Waals surface area contributed by atoms with E-state index in [2.05, 4.69) is 118 Å². The molecule has 4 aromatic rings. The quantitative estimate of drug-likeness (QED) is 0.255. The summed E-state index contributed by atoms with van der Waals surface area (Å²) >= 11 is 0. The molecule has 0 saturated carbocycles. The van der Waals surface area contributed by atoms with Crippen molar-refractivity contribution in [2.24, 2.45) is 0 Å². The number of ether oxygens (including phenoxy) is 1. The molecule has 3 atom stereocenters. The fourth-order valence-corrected chi connectivity index (χ4v) is 12.1.